The van der Waals surface area contributed by atoms with E-state index in [0.717, 1.165) is 5.69 Å². The maximum atomic E-state index is 11.5. The van der Waals surface area contributed by atoms with Gasteiger partial charge in [-0.2, -0.15) is 0 Å². The van der Waals surface area contributed by atoms with Crippen LogP contribution >= 0.6 is 11.3 Å². The molecule has 0 atom stereocenters. The molecule has 0 aliphatic rings. The van der Waals surface area contributed by atoms with E-state index in [4.69, 9.17) is 5.11 Å². The molecule has 16 heavy (non-hydrogen) atoms. The summed E-state index contributed by atoms with van der Waals surface area (Å²) in [5.41, 5.74) is 0.879. The first-order valence-electron chi connectivity index (χ1n) is 5.01. The second-order valence-corrected chi connectivity index (χ2v) is 6.43. The fraction of sp³-hybridized carbons (Fsp3) is 0.667. The highest BCUT2D eigenvalue weighted by Gasteiger charge is 2.13. The molecule has 0 spiro atoms. The van der Waals surface area contributed by atoms with E-state index in [1.807, 2.05) is 19.2 Å². The van der Waals surface area contributed by atoms with E-state index < -0.39 is 10.0 Å². The van der Waals surface area contributed by atoms with E-state index in [2.05, 4.69) is 9.71 Å². The molecule has 0 amide bonds. The monoisotopic (exact) mass is 264 g/mol. The molecular formula is C9H16N2O3S2. The third-order valence-electron chi connectivity index (χ3n) is 1.93. The Labute approximate surface area is 99.6 Å². The molecule has 0 saturated carbocycles. The number of sulfonamides is 1. The van der Waals surface area contributed by atoms with Crippen LogP contribution in [0.15, 0.2) is 5.38 Å². The Kier molecular flexibility index (Phi) is 4.69. The molecular weight excluding hydrogens is 248 g/mol. The van der Waals surface area contributed by atoms with Gasteiger partial charge in [0, 0.05) is 12.0 Å². The number of aliphatic hydroxyl groups excluding tert-OH is 1. The van der Waals surface area contributed by atoms with Crippen LogP contribution in [0.2, 0.25) is 0 Å². The van der Waals surface area contributed by atoms with Crippen LogP contribution in [0, 0.1) is 0 Å². The summed E-state index contributed by atoms with van der Waals surface area (Å²) in [6, 6.07) is 0. The lowest BCUT2D eigenvalue weighted by Gasteiger charge is -2.03. The molecule has 0 radical (unpaired) electrons. The van der Waals surface area contributed by atoms with E-state index >= 15 is 0 Å². The molecule has 1 aromatic rings. The Morgan fingerprint density at radius 3 is 2.75 bits per heavy atom. The molecule has 1 rings (SSSR count). The molecule has 1 aromatic heterocycles. The smallest absolute Gasteiger partial charge is 0.234 e. The average Bonchev–Trinajstić information content (AvgIpc) is 2.62. The number of rotatable bonds is 6. The van der Waals surface area contributed by atoms with Crippen molar-refractivity contribution in [3.05, 3.63) is 11.1 Å². The van der Waals surface area contributed by atoms with Gasteiger partial charge in [-0.1, -0.05) is 13.8 Å². The van der Waals surface area contributed by atoms with Crippen LogP contribution in [0.1, 0.15) is 31.9 Å². The summed E-state index contributed by atoms with van der Waals surface area (Å²) >= 11 is 1.27. The standard InChI is InChI=1S/C9H16N2O3S2/c1-7(2)8-6-15-9(10-8)11-16(13,14)5-3-4-12/h6-7,12H,3-5H2,1-2H3,(H,10,11). The van der Waals surface area contributed by atoms with E-state index in [-0.39, 0.29) is 24.7 Å². The minimum absolute atomic E-state index is 0.0832. The van der Waals surface area contributed by atoms with E-state index in [0.29, 0.717) is 5.13 Å². The van der Waals surface area contributed by atoms with Crippen LogP contribution in [-0.4, -0.2) is 30.9 Å². The largest absolute Gasteiger partial charge is 0.396 e. The number of hydrogen-bond acceptors (Lipinski definition) is 5. The third kappa shape index (κ3) is 4.07. The molecule has 2 N–H and O–H groups in total. The quantitative estimate of drug-likeness (QED) is 0.813. The van der Waals surface area contributed by atoms with E-state index in [1.54, 1.807) is 0 Å². The molecule has 0 aliphatic heterocycles. The van der Waals surface area contributed by atoms with Crippen LogP contribution in [-0.2, 0) is 10.0 Å². The van der Waals surface area contributed by atoms with Crippen molar-refractivity contribution < 1.29 is 13.5 Å². The van der Waals surface area contributed by atoms with Crippen LogP contribution in [0.4, 0.5) is 5.13 Å². The van der Waals surface area contributed by atoms with E-state index in [9.17, 15) is 8.42 Å². The van der Waals surface area contributed by atoms with Crippen LogP contribution in [0.3, 0.4) is 0 Å². The predicted octanol–water partition coefficient (Wildman–Crippen LogP) is 1.39. The molecule has 1 heterocycles. The van der Waals surface area contributed by atoms with Gasteiger partial charge in [0.15, 0.2) is 5.13 Å². The zero-order valence-corrected chi connectivity index (χ0v) is 10.9. The minimum Gasteiger partial charge on any atom is -0.396 e. The predicted molar refractivity (Wildman–Crippen MR) is 65.3 cm³/mol. The summed E-state index contributed by atoms with van der Waals surface area (Å²) in [6.45, 7) is 3.87. The summed E-state index contributed by atoms with van der Waals surface area (Å²) in [7, 11) is -3.37. The molecule has 0 aliphatic carbocycles. The minimum atomic E-state index is -3.37. The lowest BCUT2D eigenvalue weighted by molar-refractivity contribution is 0.295. The van der Waals surface area contributed by atoms with Crippen molar-refractivity contribution >= 4 is 26.5 Å². The summed E-state index contributed by atoms with van der Waals surface area (Å²) in [6.07, 6.45) is 0.234. The Balaban J connectivity index is 2.65. The molecule has 0 saturated heterocycles. The number of hydrogen-bond donors (Lipinski definition) is 2. The van der Waals surface area contributed by atoms with Gasteiger partial charge < -0.3 is 5.11 Å². The number of anilines is 1. The normalized spacial score (nSPS) is 12.0. The third-order valence-corrected chi connectivity index (χ3v) is 4.16. The second kappa shape index (κ2) is 5.60. The lowest BCUT2D eigenvalue weighted by atomic mass is 10.2. The van der Waals surface area contributed by atoms with Crippen molar-refractivity contribution in [3.63, 3.8) is 0 Å². The Morgan fingerprint density at radius 1 is 1.56 bits per heavy atom. The van der Waals surface area contributed by atoms with Crippen molar-refractivity contribution in [3.8, 4) is 0 Å². The molecule has 7 heteroatoms. The second-order valence-electron chi connectivity index (χ2n) is 3.73. The average molecular weight is 264 g/mol. The van der Waals surface area contributed by atoms with Gasteiger partial charge in [-0.3, -0.25) is 4.72 Å². The molecule has 5 nitrogen and oxygen atoms in total. The molecule has 0 unspecified atom stereocenters. The number of nitrogens with zero attached hydrogens (tertiary/aromatic N) is 1. The zero-order valence-electron chi connectivity index (χ0n) is 9.30. The van der Waals surface area contributed by atoms with E-state index in [1.165, 1.54) is 11.3 Å². The topological polar surface area (TPSA) is 79.3 Å². The summed E-state index contributed by atoms with van der Waals surface area (Å²) < 4.78 is 25.4. The Hall–Kier alpha value is -0.660. The number of aromatic nitrogens is 1. The fourth-order valence-corrected chi connectivity index (χ4v) is 3.25. The Bertz CT molecular complexity index is 426. The Morgan fingerprint density at radius 2 is 2.25 bits per heavy atom. The maximum Gasteiger partial charge on any atom is 0.234 e. The number of nitrogens with one attached hydrogen (secondary N) is 1. The van der Waals surface area contributed by atoms with Gasteiger partial charge in [0.1, 0.15) is 0 Å². The van der Waals surface area contributed by atoms with Crippen molar-refractivity contribution in [2.24, 2.45) is 0 Å². The molecule has 0 aromatic carbocycles. The van der Waals surface area contributed by atoms with Gasteiger partial charge in [-0.25, -0.2) is 13.4 Å². The number of aliphatic hydroxyl groups is 1. The van der Waals surface area contributed by atoms with Crippen molar-refractivity contribution in [1.29, 1.82) is 0 Å². The molecule has 92 valence electrons. The first-order valence-corrected chi connectivity index (χ1v) is 7.54. The van der Waals surface area contributed by atoms with Crippen LogP contribution in [0.25, 0.3) is 0 Å². The fourth-order valence-electron chi connectivity index (χ4n) is 1.04. The van der Waals surface area contributed by atoms with Crippen molar-refractivity contribution in [1.82, 2.24) is 4.98 Å². The highest BCUT2D eigenvalue weighted by Crippen LogP contribution is 2.22. The summed E-state index contributed by atoms with van der Waals surface area (Å²) in [5.74, 6) is 0.201. The van der Waals surface area contributed by atoms with Gasteiger partial charge in [0.05, 0.1) is 11.4 Å². The maximum absolute atomic E-state index is 11.5. The molecule has 0 fully saturated rings. The van der Waals surface area contributed by atoms with Crippen LogP contribution in [0.5, 0.6) is 0 Å². The van der Waals surface area contributed by atoms with Crippen molar-refractivity contribution in [2.45, 2.75) is 26.2 Å². The van der Waals surface area contributed by atoms with Gasteiger partial charge in [-0.05, 0) is 12.3 Å². The SMILES string of the molecule is CC(C)c1csc(NS(=O)(=O)CCCO)n1. The summed E-state index contributed by atoms with van der Waals surface area (Å²) in [5, 5.41) is 10.8. The first-order chi connectivity index (χ1) is 7.44. The highest BCUT2D eigenvalue weighted by atomic mass is 32.2. The zero-order chi connectivity index (χ0) is 12.2. The van der Waals surface area contributed by atoms with Crippen LogP contribution < -0.4 is 4.72 Å². The first kappa shape index (κ1) is 13.4. The van der Waals surface area contributed by atoms with Gasteiger partial charge >= 0.3 is 0 Å². The highest BCUT2D eigenvalue weighted by molar-refractivity contribution is 7.92. The summed E-state index contributed by atoms with van der Waals surface area (Å²) in [4.78, 5) is 4.17. The lowest BCUT2D eigenvalue weighted by Crippen LogP contribution is -2.17. The molecule has 0 bridgehead atoms. The van der Waals surface area contributed by atoms with Gasteiger partial charge in [0.2, 0.25) is 10.0 Å². The van der Waals surface area contributed by atoms with Gasteiger partial charge in [-0.15, -0.1) is 11.3 Å². The van der Waals surface area contributed by atoms with Gasteiger partial charge in [0.25, 0.3) is 0 Å². The number of thiazole rings is 1. The van der Waals surface area contributed by atoms with Crippen molar-refractivity contribution in [2.75, 3.05) is 17.1 Å².